The van der Waals surface area contributed by atoms with E-state index in [1.807, 2.05) is 38.4 Å². The number of halogens is 2. The maximum absolute atomic E-state index is 12.2. The molecule has 1 amide bonds. The van der Waals surface area contributed by atoms with Crippen molar-refractivity contribution < 1.29 is 17.9 Å². The van der Waals surface area contributed by atoms with E-state index in [2.05, 4.69) is 15.2 Å². The zero-order chi connectivity index (χ0) is 21.4. The van der Waals surface area contributed by atoms with Gasteiger partial charge in [0.2, 0.25) is 16.2 Å². The predicted molar refractivity (Wildman–Crippen MR) is 131 cm³/mol. The first kappa shape index (κ1) is 29.0. The van der Waals surface area contributed by atoms with E-state index in [4.69, 9.17) is 10.5 Å². The molecule has 0 radical (unpaired) electrons. The van der Waals surface area contributed by atoms with Crippen molar-refractivity contribution in [2.24, 2.45) is 16.6 Å². The van der Waals surface area contributed by atoms with Gasteiger partial charge >= 0.3 is 0 Å². The standard InChI is InChI=1S/C19H24N4O4S2.2ClH/c1-21-19(20)22-18(24)16-9-6-14(12-17(16)29(25)26)27-13-4-7-15(8-5-13)28-11-10-23(2)3;;/h4-9,12,16H,10-11H2,1-3H3,(H3,20,21,22,24);2*1H. The molecule has 0 heterocycles. The van der Waals surface area contributed by atoms with E-state index in [0.29, 0.717) is 11.5 Å². The molecular formula is C19H26Cl2N4O4S2. The van der Waals surface area contributed by atoms with Gasteiger partial charge in [-0.3, -0.25) is 15.1 Å². The third-order valence-corrected chi connectivity index (χ3v) is 5.63. The number of carbonyl (C=O) groups excluding carboxylic acids is 1. The monoisotopic (exact) mass is 508 g/mol. The fraction of sp³-hybridized carbons (Fsp3) is 0.316. The molecule has 31 heavy (non-hydrogen) atoms. The summed E-state index contributed by atoms with van der Waals surface area (Å²) in [4.78, 5) is 19.0. The highest BCUT2D eigenvalue weighted by molar-refractivity contribution is 7.99. The second-order valence-corrected chi connectivity index (χ2v) is 8.45. The number of ether oxygens (including phenoxy) is 1. The van der Waals surface area contributed by atoms with Gasteiger partial charge in [-0.1, -0.05) is 6.08 Å². The van der Waals surface area contributed by atoms with Crippen molar-refractivity contribution in [1.29, 1.82) is 0 Å². The molecule has 12 heteroatoms. The fourth-order valence-electron chi connectivity index (χ4n) is 2.34. The number of hydrogen-bond acceptors (Lipinski definition) is 7. The van der Waals surface area contributed by atoms with E-state index in [9.17, 15) is 13.2 Å². The van der Waals surface area contributed by atoms with Crippen LogP contribution in [-0.2, 0) is 15.1 Å². The smallest absolute Gasteiger partial charge is 0.239 e. The van der Waals surface area contributed by atoms with Crippen molar-refractivity contribution in [2.45, 2.75) is 4.90 Å². The van der Waals surface area contributed by atoms with Crippen molar-refractivity contribution in [3.05, 3.63) is 48.3 Å². The molecule has 1 atom stereocenters. The lowest BCUT2D eigenvalue weighted by atomic mass is 9.99. The number of guanidine groups is 1. The second kappa shape index (κ2) is 14.2. The number of amides is 1. The maximum Gasteiger partial charge on any atom is 0.239 e. The molecule has 0 saturated heterocycles. The lowest BCUT2D eigenvalue weighted by Crippen LogP contribution is -2.42. The summed E-state index contributed by atoms with van der Waals surface area (Å²) in [7, 11) is 2.88. The average molecular weight is 509 g/mol. The van der Waals surface area contributed by atoms with Crippen LogP contribution in [0.1, 0.15) is 0 Å². The van der Waals surface area contributed by atoms with Gasteiger partial charge < -0.3 is 15.4 Å². The van der Waals surface area contributed by atoms with Crippen molar-refractivity contribution in [2.75, 3.05) is 33.4 Å². The molecule has 0 bridgehead atoms. The SMILES string of the molecule is CN=C(N)NC(=O)C1C=CC(Oc2ccc(SCCN(C)C)cc2)=CC1=S(=O)=O.Cl.Cl. The van der Waals surface area contributed by atoms with E-state index >= 15 is 0 Å². The third kappa shape index (κ3) is 9.36. The van der Waals surface area contributed by atoms with Crippen LogP contribution in [0.3, 0.4) is 0 Å². The highest BCUT2D eigenvalue weighted by Gasteiger charge is 2.26. The van der Waals surface area contributed by atoms with Crippen LogP contribution in [-0.4, -0.2) is 63.5 Å². The van der Waals surface area contributed by atoms with Gasteiger partial charge in [0.15, 0.2) is 5.96 Å². The number of carbonyl (C=O) groups is 1. The minimum absolute atomic E-state index is 0. The Morgan fingerprint density at radius 3 is 2.45 bits per heavy atom. The number of benzene rings is 1. The number of nitrogens with two attached hydrogens (primary N) is 1. The number of nitrogens with one attached hydrogen (secondary N) is 1. The summed E-state index contributed by atoms with van der Waals surface area (Å²) in [5.74, 6) is 0.187. The first-order valence-corrected chi connectivity index (χ1v) is 10.8. The molecule has 0 aliphatic heterocycles. The van der Waals surface area contributed by atoms with Gasteiger partial charge in [0.05, 0.1) is 10.8 Å². The van der Waals surface area contributed by atoms with Gasteiger partial charge in [-0.05, 0) is 44.4 Å². The Morgan fingerprint density at radius 2 is 1.90 bits per heavy atom. The van der Waals surface area contributed by atoms with E-state index in [0.717, 1.165) is 17.2 Å². The largest absolute Gasteiger partial charge is 0.457 e. The second-order valence-electron chi connectivity index (χ2n) is 6.34. The minimum atomic E-state index is -2.60. The van der Waals surface area contributed by atoms with Gasteiger partial charge in [-0.15, -0.1) is 36.6 Å². The summed E-state index contributed by atoms with van der Waals surface area (Å²) in [5, 5.41) is 2.35. The number of aliphatic imine (C=N–C) groups is 1. The van der Waals surface area contributed by atoms with E-state index in [1.165, 1.54) is 19.2 Å². The Balaban J connectivity index is 0.00000450. The van der Waals surface area contributed by atoms with Crippen LogP contribution in [0.2, 0.25) is 0 Å². The van der Waals surface area contributed by atoms with Crippen LogP contribution in [0.25, 0.3) is 0 Å². The number of nitrogens with zero attached hydrogens (tertiary/aromatic N) is 2. The molecule has 1 unspecified atom stereocenters. The van der Waals surface area contributed by atoms with Crippen molar-refractivity contribution >= 4 is 63.6 Å². The Labute approximate surface area is 200 Å². The average Bonchev–Trinajstić information content (AvgIpc) is 2.68. The first-order chi connectivity index (χ1) is 13.8. The summed E-state index contributed by atoms with van der Waals surface area (Å²) in [6.45, 7) is 0.982. The van der Waals surface area contributed by atoms with Crippen LogP contribution in [0, 0.1) is 5.92 Å². The zero-order valence-electron chi connectivity index (χ0n) is 17.3. The van der Waals surface area contributed by atoms with E-state index in [-0.39, 0.29) is 35.6 Å². The number of rotatable bonds is 7. The summed E-state index contributed by atoms with van der Waals surface area (Å²) in [6.07, 6.45) is 4.33. The van der Waals surface area contributed by atoms with Crippen LogP contribution in [0.4, 0.5) is 0 Å². The molecule has 1 aliphatic carbocycles. The molecule has 2 rings (SSSR count). The normalized spacial score (nSPS) is 15.5. The molecule has 0 spiro atoms. The van der Waals surface area contributed by atoms with Crippen molar-refractivity contribution in [3.63, 3.8) is 0 Å². The molecule has 1 aliphatic rings. The van der Waals surface area contributed by atoms with Crippen LogP contribution in [0.15, 0.2) is 58.1 Å². The fourth-order valence-corrected chi connectivity index (χ4v) is 3.97. The number of thioether (sulfide) groups is 1. The van der Waals surface area contributed by atoms with E-state index < -0.39 is 22.1 Å². The van der Waals surface area contributed by atoms with E-state index in [1.54, 1.807) is 17.8 Å². The summed E-state index contributed by atoms with van der Waals surface area (Å²) < 4.78 is 28.9. The molecule has 8 nitrogen and oxygen atoms in total. The zero-order valence-corrected chi connectivity index (χ0v) is 20.5. The molecule has 0 aromatic heterocycles. The summed E-state index contributed by atoms with van der Waals surface area (Å²) in [5.41, 5.74) is 5.48. The molecule has 0 saturated carbocycles. The minimum Gasteiger partial charge on any atom is -0.457 e. The Hall–Kier alpha value is -1.98. The maximum atomic E-state index is 12.2. The van der Waals surface area contributed by atoms with Crippen LogP contribution in [0.5, 0.6) is 5.75 Å². The van der Waals surface area contributed by atoms with Gasteiger partial charge in [-0.25, -0.2) is 0 Å². The molecule has 1 aromatic carbocycles. The Bertz CT molecular complexity index is 967. The molecule has 1 aromatic rings. The number of allylic oxidation sites excluding steroid dienone is 2. The van der Waals surface area contributed by atoms with Gasteiger partial charge in [0.1, 0.15) is 11.5 Å². The summed E-state index contributed by atoms with van der Waals surface area (Å²) >= 11 is 1.74. The topological polar surface area (TPSA) is 114 Å². The Kier molecular flexibility index (Phi) is 13.2. The van der Waals surface area contributed by atoms with Gasteiger partial charge in [0, 0.05) is 30.3 Å². The van der Waals surface area contributed by atoms with Crippen LogP contribution < -0.4 is 15.8 Å². The lowest BCUT2D eigenvalue weighted by molar-refractivity contribution is -0.120. The lowest BCUT2D eigenvalue weighted by Gasteiger charge is -2.17. The third-order valence-electron chi connectivity index (χ3n) is 3.88. The number of hydrogen-bond donors (Lipinski definition) is 2. The molecule has 172 valence electrons. The quantitative estimate of drug-likeness (QED) is 0.249. The predicted octanol–water partition coefficient (Wildman–Crippen LogP) is 1.74. The summed E-state index contributed by atoms with van der Waals surface area (Å²) in [6, 6.07) is 7.53. The van der Waals surface area contributed by atoms with Crippen molar-refractivity contribution in [3.8, 4) is 5.75 Å². The highest BCUT2D eigenvalue weighted by Crippen LogP contribution is 2.24. The first-order valence-electron chi connectivity index (χ1n) is 8.74. The molecule has 3 N–H and O–H groups in total. The van der Waals surface area contributed by atoms with Gasteiger partial charge in [0.25, 0.3) is 0 Å². The highest BCUT2D eigenvalue weighted by atomic mass is 35.5. The molecule has 0 fully saturated rings. The van der Waals surface area contributed by atoms with Crippen molar-refractivity contribution in [1.82, 2.24) is 10.2 Å². The van der Waals surface area contributed by atoms with Gasteiger partial charge in [-0.2, -0.15) is 8.42 Å². The Morgan fingerprint density at radius 1 is 1.26 bits per heavy atom. The molecular weight excluding hydrogens is 483 g/mol. The van der Waals surface area contributed by atoms with Crippen LogP contribution >= 0.6 is 36.6 Å².